The fourth-order valence-electron chi connectivity index (χ4n) is 3.54. The van der Waals surface area contributed by atoms with Gasteiger partial charge in [-0.25, -0.2) is 0 Å². The SMILES string of the molecule is CCCCCCCCN(CCN)C(CC)(CC)CCCC.F. The molecule has 0 spiro atoms. The summed E-state index contributed by atoms with van der Waals surface area (Å²) in [4.78, 5) is 2.72. The molecule has 0 radical (unpaired) electrons. The van der Waals surface area contributed by atoms with Gasteiger partial charge in [0.15, 0.2) is 0 Å². The van der Waals surface area contributed by atoms with Crippen LogP contribution in [0.5, 0.6) is 0 Å². The zero-order valence-corrected chi connectivity index (χ0v) is 15.8. The predicted molar refractivity (Wildman–Crippen MR) is 99.3 cm³/mol. The highest BCUT2D eigenvalue weighted by molar-refractivity contribution is 4.88. The Labute approximate surface area is 139 Å². The lowest BCUT2D eigenvalue weighted by Gasteiger charge is -2.44. The Hall–Kier alpha value is -0.150. The molecule has 2 N–H and O–H groups in total. The molecule has 0 atom stereocenters. The molecule has 0 aromatic carbocycles. The third-order valence-electron chi connectivity index (χ3n) is 5.16. The first-order valence-electron chi connectivity index (χ1n) is 9.65. The van der Waals surface area contributed by atoms with Crippen molar-refractivity contribution < 1.29 is 4.70 Å². The fraction of sp³-hybridized carbons (Fsp3) is 1.00. The van der Waals surface area contributed by atoms with Crippen LogP contribution in [0.3, 0.4) is 0 Å². The molecule has 0 aliphatic carbocycles. The quantitative estimate of drug-likeness (QED) is 0.403. The molecule has 0 fully saturated rings. The molecule has 0 unspecified atom stereocenters. The Balaban J connectivity index is 0. The number of nitrogens with zero attached hydrogens (tertiary/aromatic N) is 1. The summed E-state index contributed by atoms with van der Waals surface area (Å²) in [6.07, 6.45) is 14.8. The molecule has 0 saturated carbocycles. The number of nitrogens with two attached hydrogens (primary N) is 1. The standard InChI is InChI=1S/C19H42N2.FH/c1-5-9-11-12-13-14-17-21(18-16-20)19(7-3,8-4)15-10-6-2;/h5-18,20H2,1-4H3;1H. The summed E-state index contributed by atoms with van der Waals surface area (Å²) in [6, 6.07) is 0. The normalized spacial score (nSPS) is 11.7. The molecule has 0 aliphatic rings. The second-order valence-electron chi connectivity index (χ2n) is 6.58. The van der Waals surface area contributed by atoms with Crippen molar-refractivity contribution in [2.24, 2.45) is 5.73 Å². The average Bonchev–Trinajstić information content (AvgIpc) is 2.52. The molecule has 0 aromatic rings. The van der Waals surface area contributed by atoms with Gasteiger partial charge in [0.05, 0.1) is 0 Å². The van der Waals surface area contributed by atoms with Crippen molar-refractivity contribution in [3.05, 3.63) is 0 Å². The topological polar surface area (TPSA) is 29.3 Å². The van der Waals surface area contributed by atoms with Gasteiger partial charge in [-0.15, -0.1) is 0 Å². The van der Waals surface area contributed by atoms with E-state index < -0.39 is 0 Å². The highest BCUT2D eigenvalue weighted by Crippen LogP contribution is 2.30. The minimum absolute atomic E-state index is 0. The molecule has 136 valence electrons. The van der Waals surface area contributed by atoms with Crippen LogP contribution in [-0.4, -0.2) is 30.1 Å². The predicted octanol–water partition coefficient (Wildman–Crippen LogP) is 5.51. The molecular formula is C19H43FN2. The highest BCUT2D eigenvalue weighted by atomic mass is 19.0. The van der Waals surface area contributed by atoms with Crippen LogP contribution in [0.2, 0.25) is 0 Å². The van der Waals surface area contributed by atoms with E-state index in [0.29, 0.717) is 5.54 Å². The first kappa shape index (κ1) is 24.1. The lowest BCUT2D eigenvalue weighted by molar-refractivity contribution is 0.0676. The van der Waals surface area contributed by atoms with E-state index in [0.717, 1.165) is 13.1 Å². The molecule has 0 heterocycles. The van der Waals surface area contributed by atoms with E-state index in [2.05, 4.69) is 32.6 Å². The van der Waals surface area contributed by atoms with Crippen LogP contribution in [0.25, 0.3) is 0 Å². The zero-order chi connectivity index (χ0) is 16.0. The monoisotopic (exact) mass is 318 g/mol. The molecule has 22 heavy (non-hydrogen) atoms. The number of hydrogen-bond donors (Lipinski definition) is 1. The van der Waals surface area contributed by atoms with Gasteiger partial charge in [-0.3, -0.25) is 9.60 Å². The van der Waals surface area contributed by atoms with Gasteiger partial charge in [-0.05, 0) is 32.2 Å². The molecular weight excluding hydrogens is 275 g/mol. The van der Waals surface area contributed by atoms with Crippen molar-refractivity contribution in [1.82, 2.24) is 4.90 Å². The van der Waals surface area contributed by atoms with Gasteiger partial charge in [-0.1, -0.05) is 72.6 Å². The number of hydrogen-bond acceptors (Lipinski definition) is 2. The maximum absolute atomic E-state index is 5.89. The smallest absolute Gasteiger partial charge is 0.0204 e. The van der Waals surface area contributed by atoms with Gasteiger partial charge in [0, 0.05) is 18.6 Å². The van der Waals surface area contributed by atoms with Crippen molar-refractivity contribution in [1.29, 1.82) is 0 Å². The van der Waals surface area contributed by atoms with E-state index >= 15 is 0 Å². The highest BCUT2D eigenvalue weighted by Gasteiger charge is 2.31. The van der Waals surface area contributed by atoms with Gasteiger partial charge < -0.3 is 5.73 Å². The second kappa shape index (κ2) is 15.7. The molecule has 0 aliphatic heterocycles. The second-order valence-corrected chi connectivity index (χ2v) is 6.58. The summed E-state index contributed by atoms with van der Waals surface area (Å²) in [5.41, 5.74) is 6.29. The summed E-state index contributed by atoms with van der Waals surface area (Å²) in [6.45, 7) is 12.4. The minimum Gasteiger partial charge on any atom is -0.329 e. The van der Waals surface area contributed by atoms with E-state index in [1.54, 1.807) is 0 Å². The van der Waals surface area contributed by atoms with Crippen LogP contribution < -0.4 is 5.73 Å². The van der Waals surface area contributed by atoms with E-state index in [4.69, 9.17) is 5.73 Å². The van der Waals surface area contributed by atoms with Gasteiger partial charge >= 0.3 is 0 Å². The maximum Gasteiger partial charge on any atom is 0.0204 e. The van der Waals surface area contributed by atoms with Crippen molar-refractivity contribution in [3.8, 4) is 0 Å². The maximum atomic E-state index is 5.89. The Morgan fingerprint density at radius 3 is 1.77 bits per heavy atom. The van der Waals surface area contributed by atoms with Gasteiger partial charge in [0.2, 0.25) is 0 Å². The van der Waals surface area contributed by atoms with Crippen molar-refractivity contribution >= 4 is 0 Å². The van der Waals surface area contributed by atoms with Crippen LogP contribution in [0.15, 0.2) is 0 Å². The van der Waals surface area contributed by atoms with Crippen LogP contribution in [0.1, 0.15) is 98.3 Å². The third-order valence-corrected chi connectivity index (χ3v) is 5.16. The largest absolute Gasteiger partial charge is 0.329 e. The van der Waals surface area contributed by atoms with Gasteiger partial charge in [0.25, 0.3) is 0 Å². The number of halogens is 1. The Bertz CT molecular complexity index is 217. The Morgan fingerprint density at radius 2 is 1.27 bits per heavy atom. The van der Waals surface area contributed by atoms with Crippen molar-refractivity contribution in [3.63, 3.8) is 0 Å². The van der Waals surface area contributed by atoms with E-state index in [9.17, 15) is 0 Å². The van der Waals surface area contributed by atoms with Crippen LogP contribution >= 0.6 is 0 Å². The Kier molecular flexibility index (Phi) is 17.2. The fourth-order valence-corrected chi connectivity index (χ4v) is 3.54. The lowest BCUT2D eigenvalue weighted by Crippen LogP contribution is -2.50. The number of rotatable bonds is 15. The molecule has 0 saturated heterocycles. The summed E-state index contributed by atoms with van der Waals surface area (Å²) >= 11 is 0. The van der Waals surface area contributed by atoms with E-state index in [1.165, 1.54) is 77.2 Å². The van der Waals surface area contributed by atoms with E-state index in [1.807, 2.05) is 0 Å². The first-order valence-corrected chi connectivity index (χ1v) is 9.65. The average molecular weight is 319 g/mol. The van der Waals surface area contributed by atoms with Gasteiger partial charge in [-0.2, -0.15) is 0 Å². The zero-order valence-electron chi connectivity index (χ0n) is 15.8. The molecule has 2 nitrogen and oxygen atoms in total. The van der Waals surface area contributed by atoms with Crippen molar-refractivity contribution in [2.45, 2.75) is 104 Å². The van der Waals surface area contributed by atoms with Crippen LogP contribution in [-0.2, 0) is 0 Å². The summed E-state index contributed by atoms with van der Waals surface area (Å²) < 4.78 is 0. The summed E-state index contributed by atoms with van der Waals surface area (Å²) in [7, 11) is 0. The third kappa shape index (κ3) is 9.09. The molecule has 0 rings (SSSR count). The lowest BCUT2D eigenvalue weighted by atomic mass is 9.84. The number of unbranched alkanes of at least 4 members (excludes halogenated alkanes) is 6. The van der Waals surface area contributed by atoms with Crippen molar-refractivity contribution in [2.75, 3.05) is 19.6 Å². The molecule has 3 heteroatoms. The molecule has 0 bridgehead atoms. The summed E-state index contributed by atoms with van der Waals surface area (Å²) in [5, 5.41) is 0. The van der Waals surface area contributed by atoms with Crippen LogP contribution in [0, 0.1) is 0 Å². The molecule has 0 amide bonds. The molecule has 0 aromatic heterocycles. The summed E-state index contributed by atoms with van der Waals surface area (Å²) in [5.74, 6) is 0. The van der Waals surface area contributed by atoms with E-state index in [-0.39, 0.29) is 4.70 Å². The van der Waals surface area contributed by atoms with Gasteiger partial charge in [0.1, 0.15) is 0 Å². The first-order chi connectivity index (χ1) is 10.2. The minimum atomic E-state index is 0. The van der Waals surface area contributed by atoms with Crippen LogP contribution in [0.4, 0.5) is 4.70 Å². The Morgan fingerprint density at radius 1 is 0.727 bits per heavy atom.